The number of imide groups is 1. The summed E-state index contributed by atoms with van der Waals surface area (Å²) in [5.74, 6) is -0.256. The smallest absolute Gasteiger partial charge is 0.262 e. The molecule has 3 aliphatic rings. The molecule has 1 aliphatic heterocycles. The largest absolute Gasteiger partial charge is 0.490 e. The van der Waals surface area contributed by atoms with Crippen molar-refractivity contribution < 1.29 is 23.9 Å². The lowest BCUT2D eigenvalue weighted by atomic mass is 9.85. The normalized spacial score (nSPS) is 24.0. The third kappa shape index (κ3) is 4.73. The van der Waals surface area contributed by atoms with Crippen LogP contribution >= 0.6 is 34.2 Å². The highest BCUT2D eigenvalue weighted by Gasteiger charge is 2.59. The standard InChI is InChI=1S/C26H23ClIN3O5/c1-2-35-20-10-14(12-29-31-25(33)22-15-3-4-16(11-15)23(22)26(31)34)9-19(28)24(20)36-13-21(32)30-18-7-5-17(27)6-8-18/h3-10,12,15-16,22-23H,2,11,13H2,1H3,(H,30,32)/t15-,16-,22-,23+/m0/s1. The van der Waals surface area contributed by atoms with Crippen LogP contribution in [-0.2, 0) is 14.4 Å². The van der Waals surface area contributed by atoms with Gasteiger partial charge in [-0.15, -0.1) is 0 Å². The van der Waals surface area contributed by atoms with Crippen molar-refractivity contribution in [2.75, 3.05) is 18.5 Å². The molecule has 186 valence electrons. The lowest BCUT2D eigenvalue weighted by molar-refractivity contribution is -0.140. The van der Waals surface area contributed by atoms with Crippen molar-refractivity contribution in [1.29, 1.82) is 0 Å². The SMILES string of the molecule is CCOc1cc(C=NN2C(=O)[C@@H]3[C@H](C2=O)[C@H]2C=C[C@H]3C2)cc(I)c1OCC(=O)Nc1ccc(Cl)cc1. The van der Waals surface area contributed by atoms with Crippen LogP contribution in [0.15, 0.2) is 53.7 Å². The van der Waals surface area contributed by atoms with Gasteiger partial charge in [-0.2, -0.15) is 10.1 Å². The van der Waals surface area contributed by atoms with Crippen LogP contribution in [0.25, 0.3) is 0 Å². The molecule has 1 saturated heterocycles. The van der Waals surface area contributed by atoms with E-state index in [1.165, 1.54) is 6.21 Å². The minimum Gasteiger partial charge on any atom is -0.490 e. The van der Waals surface area contributed by atoms with Gasteiger partial charge in [0.2, 0.25) is 0 Å². The minimum atomic E-state index is -0.332. The first-order valence-corrected chi connectivity index (χ1v) is 13.1. The van der Waals surface area contributed by atoms with Gasteiger partial charge in [-0.1, -0.05) is 23.8 Å². The first kappa shape index (κ1) is 24.8. The molecule has 4 atom stereocenters. The van der Waals surface area contributed by atoms with Crippen LogP contribution in [0.2, 0.25) is 5.02 Å². The van der Waals surface area contributed by atoms with Crippen LogP contribution in [0.1, 0.15) is 18.9 Å². The molecule has 2 aliphatic carbocycles. The number of nitrogens with one attached hydrogen (secondary N) is 1. The monoisotopic (exact) mass is 619 g/mol. The van der Waals surface area contributed by atoms with Crippen LogP contribution < -0.4 is 14.8 Å². The number of carbonyl (C=O) groups is 3. The number of carbonyl (C=O) groups excluding carboxylic acids is 3. The lowest BCUT2D eigenvalue weighted by Gasteiger charge is -2.15. The molecule has 8 nitrogen and oxygen atoms in total. The van der Waals surface area contributed by atoms with Gasteiger partial charge in [0.1, 0.15) is 0 Å². The van der Waals surface area contributed by atoms with E-state index in [9.17, 15) is 14.4 Å². The second-order valence-corrected chi connectivity index (χ2v) is 10.4. The molecular formula is C26H23ClIN3O5. The highest BCUT2D eigenvalue weighted by Crippen LogP contribution is 2.52. The Morgan fingerprint density at radius 2 is 1.81 bits per heavy atom. The molecule has 2 aromatic rings. The maximum Gasteiger partial charge on any atom is 0.262 e. The van der Waals surface area contributed by atoms with Gasteiger partial charge in [0, 0.05) is 10.7 Å². The molecule has 1 heterocycles. The van der Waals surface area contributed by atoms with Gasteiger partial charge in [0.25, 0.3) is 17.7 Å². The van der Waals surface area contributed by atoms with E-state index < -0.39 is 0 Å². The molecule has 2 bridgehead atoms. The highest BCUT2D eigenvalue weighted by molar-refractivity contribution is 14.1. The van der Waals surface area contributed by atoms with Crippen molar-refractivity contribution in [2.45, 2.75) is 13.3 Å². The molecule has 5 rings (SSSR count). The Morgan fingerprint density at radius 3 is 2.44 bits per heavy atom. The third-order valence-corrected chi connectivity index (χ3v) is 7.63. The van der Waals surface area contributed by atoms with Crippen molar-refractivity contribution in [1.82, 2.24) is 5.01 Å². The van der Waals surface area contributed by atoms with Crippen molar-refractivity contribution in [3.8, 4) is 11.5 Å². The van der Waals surface area contributed by atoms with Gasteiger partial charge in [0.05, 0.1) is 28.2 Å². The number of anilines is 1. The maximum atomic E-state index is 12.9. The Labute approximate surface area is 226 Å². The zero-order valence-corrected chi connectivity index (χ0v) is 22.2. The Morgan fingerprint density at radius 1 is 1.14 bits per heavy atom. The average Bonchev–Trinajstić information content (AvgIpc) is 3.53. The van der Waals surface area contributed by atoms with Crippen molar-refractivity contribution >= 4 is 63.8 Å². The molecule has 0 radical (unpaired) electrons. The summed E-state index contributed by atoms with van der Waals surface area (Å²) in [4.78, 5) is 38.1. The van der Waals surface area contributed by atoms with Crippen LogP contribution in [-0.4, -0.2) is 42.2 Å². The van der Waals surface area contributed by atoms with Gasteiger partial charge >= 0.3 is 0 Å². The van der Waals surface area contributed by atoms with E-state index in [1.807, 2.05) is 6.92 Å². The molecular weight excluding hydrogens is 597 g/mol. The fourth-order valence-electron chi connectivity index (χ4n) is 5.06. The molecule has 2 fully saturated rings. The number of nitrogens with zero attached hydrogens (tertiary/aromatic N) is 2. The molecule has 2 aromatic carbocycles. The van der Waals surface area contributed by atoms with E-state index in [1.54, 1.807) is 36.4 Å². The van der Waals surface area contributed by atoms with Gasteiger partial charge in [-0.3, -0.25) is 14.4 Å². The van der Waals surface area contributed by atoms with Crippen LogP contribution in [0.3, 0.4) is 0 Å². The van der Waals surface area contributed by atoms with E-state index in [4.69, 9.17) is 21.1 Å². The number of rotatable bonds is 8. The van der Waals surface area contributed by atoms with Gasteiger partial charge in [-0.05, 0) is 89.7 Å². The molecule has 3 amide bonds. The fraction of sp³-hybridized carbons (Fsp3) is 0.308. The summed E-state index contributed by atoms with van der Waals surface area (Å²) in [7, 11) is 0. The third-order valence-electron chi connectivity index (χ3n) is 6.58. The number of hydrazone groups is 1. The van der Waals surface area contributed by atoms with Crippen molar-refractivity contribution in [2.24, 2.45) is 28.8 Å². The highest BCUT2D eigenvalue weighted by atomic mass is 127. The Balaban J connectivity index is 1.28. The number of benzene rings is 2. The summed E-state index contributed by atoms with van der Waals surface area (Å²) in [5.41, 5.74) is 1.25. The summed E-state index contributed by atoms with van der Waals surface area (Å²) in [6.07, 6.45) is 6.46. The quantitative estimate of drug-likeness (QED) is 0.203. The topological polar surface area (TPSA) is 97.3 Å². The molecule has 1 N–H and O–H groups in total. The van der Waals surface area contributed by atoms with Crippen molar-refractivity contribution in [3.05, 3.63) is 62.7 Å². The second kappa shape index (κ2) is 10.2. The van der Waals surface area contributed by atoms with Gasteiger partial charge in [0.15, 0.2) is 18.1 Å². The first-order chi connectivity index (χ1) is 17.4. The van der Waals surface area contributed by atoms with Gasteiger partial charge in [-0.25, -0.2) is 0 Å². The summed E-state index contributed by atoms with van der Waals surface area (Å²) >= 11 is 7.96. The first-order valence-electron chi connectivity index (χ1n) is 11.6. The van der Waals surface area contributed by atoms with E-state index in [2.05, 4.69) is 45.2 Å². The maximum absolute atomic E-state index is 12.9. The minimum absolute atomic E-state index is 0.135. The summed E-state index contributed by atoms with van der Waals surface area (Å²) < 4.78 is 12.2. The average molecular weight is 620 g/mol. The Hall–Kier alpha value is -2.92. The Bertz CT molecular complexity index is 1250. The number of hydrogen-bond acceptors (Lipinski definition) is 6. The van der Waals surface area contributed by atoms with E-state index in [-0.39, 0.29) is 48.0 Å². The zero-order chi connectivity index (χ0) is 25.4. The van der Waals surface area contributed by atoms with Crippen LogP contribution in [0, 0.1) is 27.2 Å². The number of hydrogen-bond donors (Lipinski definition) is 1. The van der Waals surface area contributed by atoms with E-state index in [0.29, 0.717) is 37.9 Å². The van der Waals surface area contributed by atoms with Crippen molar-refractivity contribution in [3.63, 3.8) is 0 Å². The molecule has 1 saturated carbocycles. The zero-order valence-electron chi connectivity index (χ0n) is 19.3. The molecule has 0 aromatic heterocycles. The lowest BCUT2D eigenvalue weighted by Crippen LogP contribution is -2.28. The summed E-state index contributed by atoms with van der Waals surface area (Å²) in [5, 5.41) is 8.58. The second-order valence-electron chi connectivity index (χ2n) is 8.84. The summed E-state index contributed by atoms with van der Waals surface area (Å²) in [6.45, 7) is 2.00. The number of halogens is 2. The molecule has 36 heavy (non-hydrogen) atoms. The van der Waals surface area contributed by atoms with Crippen LogP contribution in [0.5, 0.6) is 11.5 Å². The number of amides is 3. The van der Waals surface area contributed by atoms with E-state index >= 15 is 0 Å². The van der Waals surface area contributed by atoms with E-state index in [0.717, 1.165) is 11.4 Å². The summed E-state index contributed by atoms with van der Waals surface area (Å²) in [6, 6.07) is 10.3. The van der Waals surface area contributed by atoms with Gasteiger partial charge < -0.3 is 14.8 Å². The predicted octanol–water partition coefficient (Wildman–Crippen LogP) is 4.50. The number of fused-ring (bicyclic) bond motifs is 5. The van der Waals surface area contributed by atoms with Crippen LogP contribution in [0.4, 0.5) is 5.69 Å². The fourth-order valence-corrected chi connectivity index (χ4v) is 5.97. The number of allylic oxidation sites excluding steroid dienone is 2. The molecule has 0 spiro atoms. The number of ether oxygens (including phenoxy) is 2. The molecule has 0 unspecified atom stereocenters. The predicted molar refractivity (Wildman–Crippen MR) is 143 cm³/mol. The molecule has 10 heteroatoms. The Kier molecular flexibility index (Phi) is 7.03.